The van der Waals surface area contributed by atoms with Crippen LogP contribution in [-0.4, -0.2) is 41.6 Å². The number of nitrogens with zero attached hydrogens (tertiary/aromatic N) is 1. The van der Waals surface area contributed by atoms with Gasteiger partial charge in [0, 0.05) is 12.4 Å². The van der Waals surface area contributed by atoms with Gasteiger partial charge in [-0.3, -0.25) is 0 Å². The zero-order chi connectivity index (χ0) is 12.8. The van der Waals surface area contributed by atoms with Crippen molar-refractivity contribution in [1.82, 2.24) is 4.90 Å². The van der Waals surface area contributed by atoms with E-state index in [0.717, 1.165) is 25.6 Å². The maximum atomic E-state index is 9.54. The molecule has 0 aromatic heterocycles. The van der Waals surface area contributed by atoms with Crippen molar-refractivity contribution in [3.05, 3.63) is 35.9 Å². The van der Waals surface area contributed by atoms with Gasteiger partial charge in [0.1, 0.15) is 0 Å². The zero-order valence-electron chi connectivity index (χ0n) is 10.8. The topological polar surface area (TPSA) is 23.5 Å². The van der Waals surface area contributed by atoms with E-state index < -0.39 is 0 Å². The molecular formula is C15H22ClNO. The molecule has 0 spiro atoms. The zero-order valence-corrected chi connectivity index (χ0v) is 11.5. The van der Waals surface area contributed by atoms with E-state index in [1.807, 2.05) is 0 Å². The molecule has 1 aliphatic heterocycles. The summed E-state index contributed by atoms with van der Waals surface area (Å²) in [6, 6.07) is 10.7. The third-order valence-electron chi connectivity index (χ3n) is 3.72. The molecule has 1 aliphatic rings. The van der Waals surface area contributed by atoms with Crippen molar-refractivity contribution in [1.29, 1.82) is 0 Å². The number of rotatable bonds is 5. The summed E-state index contributed by atoms with van der Waals surface area (Å²) in [4.78, 5) is 2.33. The van der Waals surface area contributed by atoms with E-state index in [4.69, 9.17) is 11.6 Å². The van der Waals surface area contributed by atoms with Gasteiger partial charge in [-0.15, -0.1) is 11.6 Å². The molecule has 0 saturated carbocycles. The van der Waals surface area contributed by atoms with E-state index in [9.17, 15) is 5.11 Å². The maximum absolute atomic E-state index is 9.54. The standard InChI is InChI=1S/C15H22ClNO/c16-11-15(18)12-17-8-6-14(7-9-17)10-13-4-2-1-3-5-13/h1-5,14-15,18H,6-12H2. The summed E-state index contributed by atoms with van der Waals surface area (Å²) < 4.78 is 0. The third kappa shape index (κ3) is 4.27. The summed E-state index contributed by atoms with van der Waals surface area (Å²) in [6.45, 7) is 2.90. The molecule has 1 unspecified atom stereocenters. The van der Waals surface area contributed by atoms with Gasteiger partial charge >= 0.3 is 0 Å². The molecule has 1 aromatic rings. The lowest BCUT2D eigenvalue weighted by Gasteiger charge is -2.32. The van der Waals surface area contributed by atoms with Gasteiger partial charge in [0.15, 0.2) is 0 Å². The Kier molecular flexibility index (Phi) is 5.48. The summed E-state index contributed by atoms with van der Waals surface area (Å²) in [7, 11) is 0. The van der Waals surface area contributed by atoms with Crippen molar-refractivity contribution in [3.8, 4) is 0 Å². The number of β-amino-alcohol motifs (C(OH)–C–C–N with tert-alkyl or cyclic N) is 1. The Labute approximate surface area is 115 Å². The first-order chi connectivity index (χ1) is 8.78. The Morgan fingerprint density at radius 3 is 2.50 bits per heavy atom. The number of likely N-dealkylation sites (tertiary alicyclic amines) is 1. The van der Waals surface area contributed by atoms with E-state index in [1.54, 1.807) is 0 Å². The molecule has 2 nitrogen and oxygen atoms in total. The molecule has 3 heteroatoms. The molecule has 1 saturated heterocycles. The minimum Gasteiger partial charge on any atom is -0.391 e. The largest absolute Gasteiger partial charge is 0.391 e. The summed E-state index contributed by atoms with van der Waals surface area (Å²) in [5.74, 6) is 1.13. The Morgan fingerprint density at radius 1 is 1.22 bits per heavy atom. The minimum absolute atomic E-state index is 0.337. The highest BCUT2D eigenvalue weighted by Gasteiger charge is 2.20. The Bertz CT molecular complexity index is 336. The second-order valence-corrected chi connectivity index (χ2v) is 5.55. The van der Waals surface area contributed by atoms with Gasteiger partial charge in [0.2, 0.25) is 0 Å². The first-order valence-electron chi connectivity index (χ1n) is 6.78. The summed E-state index contributed by atoms with van der Waals surface area (Å²) in [5.41, 5.74) is 1.44. The molecule has 0 amide bonds. The van der Waals surface area contributed by atoms with Gasteiger partial charge in [0.25, 0.3) is 0 Å². The third-order valence-corrected chi connectivity index (χ3v) is 4.08. The normalized spacial score (nSPS) is 19.9. The van der Waals surface area contributed by atoms with E-state index >= 15 is 0 Å². The van der Waals surface area contributed by atoms with Gasteiger partial charge in [-0.05, 0) is 43.8 Å². The van der Waals surface area contributed by atoms with Crippen molar-refractivity contribution in [3.63, 3.8) is 0 Å². The molecule has 18 heavy (non-hydrogen) atoms. The first-order valence-corrected chi connectivity index (χ1v) is 7.31. The molecule has 1 fully saturated rings. The fourth-order valence-electron chi connectivity index (χ4n) is 2.67. The van der Waals surface area contributed by atoms with Crippen LogP contribution in [0.3, 0.4) is 0 Å². The van der Waals surface area contributed by atoms with Crippen LogP contribution in [0.4, 0.5) is 0 Å². The molecule has 0 radical (unpaired) electrons. The van der Waals surface area contributed by atoms with Crippen LogP contribution in [0.1, 0.15) is 18.4 Å². The number of hydrogen-bond donors (Lipinski definition) is 1. The number of piperidine rings is 1. The highest BCUT2D eigenvalue weighted by Crippen LogP contribution is 2.21. The van der Waals surface area contributed by atoms with E-state index in [-0.39, 0.29) is 6.10 Å². The minimum atomic E-state index is -0.377. The van der Waals surface area contributed by atoms with Crippen LogP contribution in [-0.2, 0) is 6.42 Å². The van der Waals surface area contributed by atoms with Gasteiger partial charge < -0.3 is 10.0 Å². The number of halogens is 1. The Morgan fingerprint density at radius 2 is 1.89 bits per heavy atom. The second-order valence-electron chi connectivity index (χ2n) is 5.24. The number of aliphatic hydroxyl groups is 1. The van der Waals surface area contributed by atoms with E-state index in [1.165, 1.54) is 24.8 Å². The lowest BCUT2D eigenvalue weighted by Crippen LogP contribution is -2.39. The van der Waals surface area contributed by atoms with Crippen molar-refractivity contribution >= 4 is 11.6 Å². The molecule has 1 aromatic carbocycles. The van der Waals surface area contributed by atoms with Crippen molar-refractivity contribution in [2.24, 2.45) is 5.92 Å². The number of hydrogen-bond acceptors (Lipinski definition) is 2. The van der Waals surface area contributed by atoms with Crippen molar-refractivity contribution < 1.29 is 5.11 Å². The average Bonchev–Trinajstić information content (AvgIpc) is 2.42. The summed E-state index contributed by atoms with van der Waals surface area (Å²) in [6.07, 6.45) is 3.26. The quantitative estimate of drug-likeness (QED) is 0.829. The van der Waals surface area contributed by atoms with Crippen molar-refractivity contribution in [2.75, 3.05) is 25.5 Å². The first kappa shape index (κ1) is 13.9. The van der Waals surface area contributed by atoms with Gasteiger partial charge in [-0.2, -0.15) is 0 Å². The molecule has 1 N–H and O–H groups in total. The van der Waals surface area contributed by atoms with Crippen LogP contribution >= 0.6 is 11.6 Å². The average molecular weight is 268 g/mol. The SMILES string of the molecule is OC(CCl)CN1CCC(Cc2ccccc2)CC1. The smallest absolute Gasteiger partial charge is 0.0802 e. The maximum Gasteiger partial charge on any atom is 0.0802 e. The number of aliphatic hydroxyl groups excluding tert-OH is 1. The summed E-state index contributed by atoms with van der Waals surface area (Å²) >= 11 is 5.63. The lowest BCUT2D eigenvalue weighted by molar-refractivity contribution is 0.102. The molecule has 2 rings (SSSR count). The fraction of sp³-hybridized carbons (Fsp3) is 0.600. The highest BCUT2D eigenvalue weighted by atomic mass is 35.5. The predicted octanol–water partition coefficient (Wildman–Crippen LogP) is 2.54. The predicted molar refractivity (Wildman–Crippen MR) is 76.0 cm³/mol. The molecular weight excluding hydrogens is 246 g/mol. The van der Waals surface area contributed by atoms with E-state index in [0.29, 0.717) is 5.88 Å². The highest BCUT2D eigenvalue weighted by molar-refractivity contribution is 6.18. The summed E-state index contributed by atoms with van der Waals surface area (Å²) in [5, 5.41) is 9.54. The molecule has 100 valence electrons. The van der Waals surface area contributed by atoms with E-state index in [2.05, 4.69) is 35.2 Å². The molecule has 1 atom stereocenters. The van der Waals surface area contributed by atoms with Gasteiger partial charge in [0.05, 0.1) is 6.10 Å². The molecule has 1 heterocycles. The van der Waals surface area contributed by atoms with Crippen LogP contribution in [0, 0.1) is 5.92 Å². The number of benzene rings is 1. The monoisotopic (exact) mass is 267 g/mol. The van der Waals surface area contributed by atoms with Crippen LogP contribution < -0.4 is 0 Å². The second kappa shape index (κ2) is 7.13. The molecule has 0 bridgehead atoms. The van der Waals surface area contributed by atoms with Crippen LogP contribution in [0.5, 0.6) is 0 Å². The van der Waals surface area contributed by atoms with Crippen LogP contribution in [0.15, 0.2) is 30.3 Å². The fourth-order valence-corrected chi connectivity index (χ4v) is 2.76. The van der Waals surface area contributed by atoms with Gasteiger partial charge in [-0.25, -0.2) is 0 Å². The molecule has 0 aliphatic carbocycles. The lowest BCUT2D eigenvalue weighted by atomic mass is 9.90. The van der Waals surface area contributed by atoms with Crippen LogP contribution in [0.25, 0.3) is 0 Å². The number of alkyl halides is 1. The Hall–Kier alpha value is -0.570. The van der Waals surface area contributed by atoms with Gasteiger partial charge in [-0.1, -0.05) is 30.3 Å². The Balaban J connectivity index is 1.73. The van der Waals surface area contributed by atoms with Crippen molar-refractivity contribution in [2.45, 2.75) is 25.4 Å². The van der Waals surface area contributed by atoms with Crippen LogP contribution in [0.2, 0.25) is 0 Å².